The molecule has 0 spiro atoms. The van der Waals surface area contributed by atoms with Gasteiger partial charge in [-0.25, -0.2) is 9.59 Å². The number of piperidine rings is 2. The van der Waals surface area contributed by atoms with Crippen molar-refractivity contribution in [3.8, 4) is 0 Å². The summed E-state index contributed by atoms with van der Waals surface area (Å²) in [6.07, 6.45) is 4.94. The topological polar surface area (TPSA) is 72.0 Å². The standard InChI is InChI=1S/C27H33N3O2.C26H33N3O2/c1-20(2)18-28-12-14-29(15-13-28)23-8-9-24-22-10-11-30(26(16-22)25(24)17-23)27(31)32-19-21-6-4-3-5-7-21;1-2-11-27-13-15-28(16-14-27)22-8-9-23-21-10-12-29(25(17-21)24(23)18-22)26(30)31-19-20-6-4-3-5-7-20/h3-9,17,22,26H,1,10-16,18-19H2,2H3;3-9,18,21,25H,2,10-17,19H2,1H3. The van der Waals surface area contributed by atoms with Crippen molar-refractivity contribution in [1.29, 1.82) is 0 Å². The van der Waals surface area contributed by atoms with Gasteiger partial charge in [0.1, 0.15) is 13.2 Å². The van der Waals surface area contributed by atoms with Crippen molar-refractivity contribution in [3.63, 3.8) is 0 Å². The first kappa shape index (κ1) is 43.0. The van der Waals surface area contributed by atoms with Gasteiger partial charge in [-0.3, -0.25) is 9.80 Å². The fourth-order valence-corrected chi connectivity index (χ4v) is 11.1. The van der Waals surface area contributed by atoms with Crippen LogP contribution < -0.4 is 9.80 Å². The summed E-state index contributed by atoms with van der Waals surface area (Å²) in [6, 6.07) is 34.1. The molecule has 4 atom stereocenters. The van der Waals surface area contributed by atoms with Crippen LogP contribution in [0.25, 0.3) is 0 Å². The molecule has 10 nitrogen and oxygen atoms in total. The maximum absolute atomic E-state index is 13.0. The second-order valence-corrected chi connectivity index (χ2v) is 18.6. The molecule has 332 valence electrons. The molecule has 0 saturated carbocycles. The molecule has 4 aromatic rings. The van der Waals surface area contributed by atoms with E-state index in [4.69, 9.17) is 9.47 Å². The Kier molecular flexibility index (Phi) is 13.4. The summed E-state index contributed by atoms with van der Waals surface area (Å²) in [5.74, 6) is 1.14. The van der Waals surface area contributed by atoms with Gasteiger partial charge in [0, 0.05) is 83.4 Å². The Bertz CT molecular complexity index is 2200. The number of anilines is 2. The van der Waals surface area contributed by atoms with Gasteiger partial charge in [0.25, 0.3) is 0 Å². The van der Waals surface area contributed by atoms with Crippen molar-refractivity contribution in [2.24, 2.45) is 0 Å². The molecular weight excluding hydrogens is 785 g/mol. The summed E-state index contributed by atoms with van der Waals surface area (Å²) in [5, 5.41) is 0. The van der Waals surface area contributed by atoms with Crippen LogP contribution in [0, 0.1) is 0 Å². The molecule has 63 heavy (non-hydrogen) atoms. The van der Waals surface area contributed by atoms with Crippen LogP contribution in [0.15, 0.2) is 109 Å². The smallest absolute Gasteiger partial charge is 0.410 e. The van der Waals surface area contributed by atoms with Crippen LogP contribution in [0.2, 0.25) is 0 Å². The Labute approximate surface area is 375 Å². The van der Waals surface area contributed by atoms with Crippen LogP contribution in [0.3, 0.4) is 0 Å². The Morgan fingerprint density at radius 2 is 1.02 bits per heavy atom. The van der Waals surface area contributed by atoms with Crippen LogP contribution in [-0.4, -0.2) is 110 Å². The van der Waals surface area contributed by atoms with Crippen molar-refractivity contribution in [1.82, 2.24) is 19.6 Å². The zero-order valence-corrected chi connectivity index (χ0v) is 37.5. The average Bonchev–Trinajstić information content (AvgIpc) is 3.76. The highest BCUT2D eigenvalue weighted by atomic mass is 16.6. The first-order chi connectivity index (χ1) is 30.8. The fourth-order valence-electron chi connectivity index (χ4n) is 11.1. The van der Waals surface area contributed by atoms with Crippen molar-refractivity contribution >= 4 is 23.6 Å². The van der Waals surface area contributed by atoms with Gasteiger partial charge in [0.2, 0.25) is 0 Å². The minimum Gasteiger partial charge on any atom is -0.445 e. The SMILES string of the molecule is C=C(C)CN1CCN(c2ccc3c(c2)C2CC3CCN2C(=O)OCc2ccccc2)CC1.CCCN1CCN(c2ccc3c(c2)C2CC3CCN2C(=O)OCc2ccccc2)CC1. The summed E-state index contributed by atoms with van der Waals surface area (Å²) in [4.78, 5) is 39.8. The maximum atomic E-state index is 13.0. The fraction of sp³-hybridized carbons (Fsp3) is 0.472. The van der Waals surface area contributed by atoms with E-state index in [2.05, 4.69) is 76.4 Å². The molecule has 4 heterocycles. The van der Waals surface area contributed by atoms with E-state index in [1.165, 1.54) is 52.2 Å². The van der Waals surface area contributed by atoms with E-state index in [1.807, 2.05) is 70.5 Å². The zero-order valence-electron chi connectivity index (χ0n) is 37.5. The third-order valence-electron chi connectivity index (χ3n) is 14.3. The predicted octanol–water partition coefficient (Wildman–Crippen LogP) is 9.75. The van der Waals surface area contributed by atoms with E-state index in [9.17, 15) is 9.59 Å². The average molecular weight is 851 g/mol. The van der Waals surface area contributed by atoms with Crippen molar-refractivity contribution in [2.45, 2.75) is 83.1 Å². The molecule has 0 aromatic heterocycles. The second-order valence-electron chi connectivity index (χ2n) is 18.6. The number of fused-ring (bicyclic) bond motifs is 10. The second kappa shape index (κ2) is 19.6. The zero-order chi connectivity index (χ0) is 43.3. The van der Waals surface area contributed by atoms with Crippen molar-refractivity contribution < 1.29 is 19.1 Å². The molecule has 6 aliphatic rings. The van der Waals surface area contributed by atoms with E-state index in [0.717, 1.165) is 109 Å². The summed E-state index contributed by atoms with van der Waals surface area (Å²) in [7, 11) is 0. The third-order valence-corrected chi connectivity index (χ3v) is 14.3. The Hall–Kier alpha value is -5.32. The Morgan fingerprint density at radius 3 is 1.44 bits per heavy atom. The van der Waals surface area contributed by atoms with Gasteiger partial charge in [-0.15, -0.1) is 0 Å². The van der Waals surface area contributed by atoms with Crippen molar-refractivity contribution in [3.05, 3.63) is 143 Å². The first-order valence-electron chi connectivity index (χ1n) is 23.6. The highest BCUT2D eigenvalue weighted by Gasteiger charge is 2.43. The minimum absolute atomic E-state index is 0.136. The highest BCUT2D eigenvalue weighted by molar-refractivity contribution is 5.71. The van der Waals surface area contributed by atoms with Crippen molar-refractivity contribution in [2.75, 3.05) is 88.3 Å². The number of rotatable bonds is 10. The van der Waals surface area contributed by atoms with Crippen LogP contribution in [0.5, 0.6) is 0 Å². The van der Waals surface area contributed by atoms with E-state index >= 15 is 0 Å². The van der Waals surface area contributed by atoms with E-state index < -0.39 is 0 Å². The molecule has 4 bridgehead atoms. The summed E-state index contributed by atoms with van der Waals surface area (Å²) in [5.41, 5.74) is 11.4. The molecule has 4 saturated heterocycles. The van der Waals surface area contributed by atoms with E-state index in [-0.39, 0.29) is 24.3 Å². The number of hydrogen-bond acceptors (Lipinski definition) is 8. The lowest BCUT2D eigenvalue weighted by atomic mass is 9.96. The Balaban J connectivity index is 0.000000160. The Morgan fingerprint density at radius 1 is 0.571 bits per heavy atom. The number of hydrogen-bond donors (Lipinski definition) is 0. The number of carbonyl (C=O) groups excluding carboxylic acids is 2. The minimum atomic E-state index is -0.191. The third kappa shape index (κ3) is 9.77. The summed E-state index contributed by atoms with van der Waals surface area (Å²) < 4.78 is 11.4. The van der Waals surface area contributed by atoms with Crippen LogP contribution in [0.1, 0.15) is 103 Å². The van der Waals surface area contributed by atoms with Gasteiger partial charge in [0.05, 0.1) is 12.1 Å². The van der Waals surface area contributed by atoms with Gasteiger partial charge in [-0.05, 0) is 115 Å². The monoisotopic (exact) mass is 851 g/mol. The lowest BCUT2D eigenvalue weighted by Gasteiger charge is -2.36. The maximum Gasteiger partial charge on any atom is 0.410 e. The normalized spacial score (nSPS) is 22.8. The summed E-state index contributed by atoms with van der Waals surface area (Å²) in [6.45, 7) is 21.4. The summed E-state index contributed by atoms with van der Waals surface area (Å²) >= 11 is 0. The van der Waals surface area contributed by atoms with Gasteiger partial charge < -0.3 is 29.1 Å². The number of piperazine rings is 2. The molecule has 4 aromatic carbocycles. The molecule has 4 unspecified atom stereocenters. The molecule has 10 rings (SSSR count). The van der Waals surface area contributed by atoms with Gasteiger partial charge in [-0.2, -0.15) is 0 Å². The van der Waals surface area contributed by atoms with E-state index in [0.29, 0.717) is 25.0 Å². The molecule has 10 heteroatoms. The predicted molar refractivity (Wildman–Crippen MR) is 251 cm³/mol. The van der Waals surface area contributed by atoms with E-state index in [1.54, 1.807) is 0 Å². The van der Waals surface area contributed by atoms with Gasteiger partial charge in [-0.1, -0.05) is 91.9 Å². The molecule has 2 aliphatic carbocycles. The van der Waals surface area contributed by atoms with Gasteiger partial charge >= 0.3 is 12.2 Å². The number of nitrogens with zero attached hydrogens (tertiary/aromatic N) is 6. The molecule has 0 radical (unpaired) electrons. The lowest BCUT2D eigenvalue weighted by Crippen LogP contribution is -2.46. The number of likely N-dealkylation sites (tertiary alicyclic amines) is 2. The highest BCUT2D eigenvalue weighted by Crippen LogP contribution is 2.51. The molecule has 0 N–H and O–H groups in total. The number of carbonyl (C=O) groups is 2. The lowest BCUT2D eigenvalue weighted by molar-refractivity contribution is 0.0688. The van der Waals surface area contributed by atoms with Crippen LogP contribution in [-0.2, 0) is 22.7 Å². The number of ether oxygens (including phenoxy) is 2. The van der Waals surface area contributed by atoms with Crippen LogP contribution in [0.4, 0.5) is 21.0 Å². The van der Waals surface area contributed by atoms with Gasteiger partial charge in [0.15, 0.2) is 0 Å². The number of benzene rings is 4. The molecule has 4 aliphatic heterocycles. The largest absolute Gasteiger partial charge is 0.445 e. The number of amides is 2. The van der Waals surface area contributed by atoms with Crippen LogP contribution >= 0.6 is 0 Å². The quantitative estimate of drug-likeness (QED) is 0.146. The molecule has 4 fully saturated rings. The first-order valence-corrected chi connectivity index (χ1v) is 23.6. The molecule has 2 amide bonds. The molecular formula is C53H66N6O4.